The Balaban J connectivity index is 1.72. The van der Waals surface area contributed by atoms with Gasteiger partial charge in [0.15, 0.2) is 0 Å². The lowest BCUT2D eigenvalue weighted by Crippen LogP contribution is -2.34. The maximum absolute atomic E-state index is 12.3. The number of alkyl halides is 3. The number of hydrogen-bond acceptors (Lipinski definition) is 2. The average Bonchev–Trinajstić information content (AvgIpc) is 3.05. The lowest BCUT2D eigenvalue weighted by atomic mass is 9.93. The standard InChI is InChI=1S/C15H20F3N3O/c16-15(17,18)8-13(22)19-12-7-3-4-10-9-21(20-14(10)12)11-5-1-2-6-11/h9,11-12H,1-8H2,(H,19,22)/t12-/m0/s1. The fourth-order valence-electron chi connectivity index (χ4n) is 3.49. The Morgan fingerprint density at radius 2 is 2.00 bits per heavy atom. The molecule has 7 heteroatoms. The van der Waals surface area contributed by atoms with E-state index < -0.39 is 18.5 Å². The van der Waals surface area contributed by atoms with Crippen LogP contribution in [0.1, 0.15) is 68.3 Å². The Hall–Kier alpha value is -1.53. The Labute approximate surface area is 127 Å². The summed E-state index contributed by atoms with van der Waals surface area (Å²) < 4.78 is 38.8. The predicted octanol–water partition coefficient (Wildman–Crippen LogP) is 3.44. The van der Waals surface area contributed by atoms with E-state index >= 15 is 0 Å². The van der Waals surface area contributed by atoms with E-state index in [4.69, 9.17) is 0 Å². The normalized spacial score (nSPS) is 22.6. The Bertz CT molecular complexity index is 547. The number of fused-ring (bicyclic) bond motifs is 1. The number of nitrogens with one attached hydrogen (secondary N) is 1. The minimum absolute atomic E-state index is 0.388. The molecule has 0 aliphatic heterocycles. The van der Waals surface area contributed by atoms with Gasteiger partial charge < -0.3 is 5.32 Å². The molecule has 4 nitrogen and oxygen atoms in total. The van der Waals surface area contributed by atoms with Crippen molar-refractivity contribution < 1.29 is 18.0 Å². The molecule has 0 unspecified atom stereocenters. The molecule has 122 valence electrons. The van der Waals surface area contributed by atoms with Gasteiger partial charge in [-0.3, -0.25) is 9.48 Å². The van der Waals surface area contributed by atoms with Crippen molar-refractivity contribution in [2.75, 3.05) is 0 Å². The fraction of sp³-hybridized carbons (Fsp3) is 0.733. The van der Waals surface area contributed by atoms with Crippen LogP contribution in [-0.2, 0) is 11.2 Å². The van der Waals surface area contributed by atoms with Gasteiger partial charge in [0.05, 0.1) is 17.8 Å². The van der Waals surface area contributed by atoms with Crippen LogP contribution < -0.4 is 5.32 Å². The van der Waals surface area contributed by atoms with E-state index in [2.05, 4.69) is 10.4 Å². The fourth-order valence-corrected chi connectivity index (χ4v) is 3.49. The summed E-state index contributed by atoms with van der Waals surface area (Å²) >= 11 is 0. The van der Waals surface area contributed by atoms with Gasteiger partial charge in [-0.1, -0.05) is 12.8 Å². The van der Waals surface area contributed by atoms with Crippen molar-refractivity contribution in [3.63, 3.8) is 0 Å². The third-order valence-corrected chi connectivity index (χ3v) is 4.50. The molecule has 1 saturated carbocycles. The highest BCUT2D eigenvalue weighted by Gasteiger charge is 2.34. The van der Waals surface area contributed by atoms with Gasteiger partial charge >= 0.3 is 6.18 Å². The quantitative estimate of drug-likeness (QED) is 0.929. The highest BCUT2D eigenvalue weighted by molar-refractivity contribution is 5.77. The van der Waals surface area contributed by atoms with E-state index in [1.165, 1.54) is 12.8 Å². The maximum atomic E-state index is 12.3. The number of hydrogen-bond donors (Lipinski definition) is 1. The van der Waals surface area contributed by atoms with Crippen LogP contribution in [0.4, 0.5) is 13.2 Å². The zero-order valence-corrected chi connectivity index (χ0v) is 12.3. The van der Waals surface area contributed by atoms with Crippen LogP contribution in [0.15, 0.2) is 6.20 Å². The number of halogens is 3. The zero-order chi connectivity index (χ0) is 15.7. The van der Waals surface area contributed by atoms with Gasteiger partial charge in [0, 0.05) is 6.20 Å². The molecule has 0 radical (unpaired) electrons. The van der Waals surface area contributed by atoms with Gasteiger partial charge in [0.2, 0.25) is 5.91 Å². The first-order chi connectivity index (χ1) is 10.4. The lowest BCUT2D eigenvalue weighted by Gasteiger charge is -2.22. The highest BCUT2D eigenvalue weighted by Crippen LogP contribution is 2.34. The second kappa shape index (κ2) is 5.93. The number of amides is 1. The molecule has 0 bridgehead atoms. The largest absolute Gasteiger partial charge is 0.397 e. The van der Waals surface area contributed by atoms with Gasteiger partial charge in [-0.25, -0.2) is 0 Å². The van der Waals surface area contributed by atoms with Crippen molar-refractivity contribution in [3.8, 4) is 0 Å². The molecular formula is C15H20F3N3O. The molecule has 0 saturated heterocycles. The number of aryl methyl sites for hydroxylation is 1. The Morgan fingerprint density at radius 1 is 1.27 bits per heavy atom. The Kier molecular flexibility index (Phi) is 4.14. The minimum atomic E-state index is -4.47. The van der Waals surface area contributed by atoms with E-state index in [1.54, 1.807) is 0 Å². The Morgan fingerprint density at radius 3 is 2.68 bits per heavy atom. The molecule has 1 aromatic rings. The van der Waals surface area contributed by atoms with Crippen molar-refractivity contribution >= 4 is 5.91 Å². The number of carbonyl (C=O) groups excluding carboxylic acids is 1. The molecule has 0 aromatic carbocycles. The summed E-state index contributed by atoms with van der Waals surface area (Å²) in [6.45, 7) is 0. The smallest absolute Gasteiger partial charge is 0.347 e. The van der Waals surface area contributed by atoms with Gasteiger partial charge in [0.1, 0.15) is 6.42 Å². The van der Waals surface area contributed by atoms with Gasteiger partial charge in [-0.05, 0) is 37.7 Å². The third kappa shape index (κ3) is 3.44. The maximum Gasteiger partial charge on any atom is 0.397 e. The zero-order valence-electron chi connectivity index (χ0n) is 12.3. The van der Waals surface area contributed by atoms with Crippen LogP contribution in [0.5, 0.6) is 0 Å². The average molecular weight is 315 g/mol. The summed E-state index contributed by atoms with van der Waals surface area (Å²) in [6, 6.07) is 0.0124. The third-order valence-electron chi connectivity index (χ3n) is 4.50. The summed E-state index contributed by atoms with van der Waals surface area (Å²) in [6.07, 6.45) is 3.12. The summed E-state index contributed by atoms with van der Waals surface area (Å²) in [5.74, 6) is -0.972. The topological polar surface area (TPSA) is 46.9 Å². The van der Waals surface area contributed by atoms with Gasteiger partial charge in [-0.2, -0.15) is 18.3 Å². The first-order valence-corrected chi connectivity index (χ1v) is 7.86. The molecule has 1 aromatic heterocycles. The molecular weight excluding hydrogens is 295 g/mol. The highest BCUT2D eigenvalue weighted by atomic mass is 19.4. The molecule has 2 aliphatic rings. The molecule has 3 rings (SSSR count). The predicted molar refractivity (Wildman–Crippen MR) is 74.2 cm³/mol. The molecule has 1 atom stereocenters. The molecule has 1 heterocycles. The minimum Gasteiger partial charge on any atom is -0.347 e. The molecule has 0 spiro atoms. The number of nitrogens with zero attached hydrogens (tertiary/aromatic N) is 2. The van der Waals surface area contributed by atoms with Crippen LogP contribution in [0.25, 0.3) is 0 Å². The first-order valence-electron chi connectivity index (χ1n) is 7.86. The summed E-state index contributed by atoms with van der Waals surface area (Å²) in [5, 5.41) is 7.09. The van der Waals surface area contributed by atoms with E-state index in [0.29, 0.717) is 12.5 Å². The number of carbonyl (C=O) groups is 1. The SMILES string of the molecule is O=C(CC(F)(F)F)N[C@H]1CCCc2cn(C3CCCC3)nc21. The molecule has 1 amide bonds. The van der Waals surface area contributed by atoms with E-state index in [-0.39, 0.29) is 6.04 Å². The summed E-state index contributed by atoms with van der Waals surface area (Å²) in [7, 11) is 0. The van der Waals surface area contributed by atoms with Gasteiger partial charge in [-0.15, -0.1) is 0 Å². The molecule has 2 aliphatic carbocycles. The van der Waals surface area contributed by atoms with E-state index in [0.717, 1.165) is 36.9 Å². The lowest BCUT2D eigenvalue weighted by molar-refractivity contribution is -0.154. The van der Waals surface area contributed by atoms with Crippen LogP contribution >= 0.6 is 0 Å². The van der Waals surface area contributed by atoms with Crippen molar-refractivity contribution in [2.45, 2.75) is 69.6 Å². The second-order valence-corrected chi connectivity index (χ2v) is 6.26. The van der Waals surface area contributed by atoms with Crippen molar-refractivity contribution in [2.24, 2.45) is 0 Å². The molecule has 22 heavy (non-hydrogen) atoms. The van der Waals surface area contributed by atoms with Gasteiger partial charge in [0.25, 0.3) is 0 Å². The van der Waals surface area contributed by atoms with Crippen molar-refractivity contribution in [3.05, 3.63) is 17.5 Å². The first kappa shape index (κ1) is 15.4. The summed E-state index contributed by atoms with van der Waals surface area (Å²) in [5.41, 5.74) is 1.82. The van der Waals surface area contributed by atoms with Crippen LogP contribution in [0, 0.1) is 0 Å². The van der Waals surface area contributed by atoms with Crippen LogP contribution in [0.3, 0.4) is 0 Å². The van der Waals surface area contributed by atoms with Crippen molar-refractivity contribution in [1.29, 1.82) is 0 Å². The van der Waals surface area contributed by atoms with E-state index in [9.17, 15) is 18.0 Å². The van der Waals surface area contributed by atoms with Crippen LogP contribution in [0.2, 0.25) is 0 Å². The second-order valence-electron chi connectivity index (χ2n) is 6.26. The van der Waals surface area contributed by atoms with E-state index in [1.807, 2.05) is 10.9 Å². The monoisotopic (exact) mass is 315 g/mol. The molecule has 1 fully saturated rings. The molecule has 1 N–H and O–H groups in total. The number of aromatic nitrogens is 2. The van der Waals surface area contributed by atoms with Crippen molar-refractivity contribution in [1.82, 2.24) is 15.1 Å². The number of rotatable bonds is 3. The summed E-state index contributed by atoms with van der Waals surface area (Å²) in [4.78, 5) is 11.5. The van der Waals surface area contributed by atoms with Crippen LogP contribution in [-0.4, -0.2) is 21.9 Å².